The fourth-order valence-electron chi connectivity index (χ4n) is 0.913. The number of nitrogens with zero attached hydrogens (tertiary/aromatic N) is 3. The molecule has 0 saturated heterocycles. The van der Waals surface area contributed by atoms with Gasteiger partial charge in [0.2, 0.25) is 5.89 Å². The highest BCUT2D eigenvalue weighted by Crippen LogP contribution is 2.09. The molecule has 5 nitrogen and oxygen atoms in total. The van der Waals surface area contributed by atoms with Crippen LogP contribution in [-0.2, 0) is 6.54 Å². The average molecular weight is 170 g/mol. The first-order chi connectivity index (χ1) is 5.77. The third-order valence-electron chi connectivity index (χ3n) is 1.52. The molecule has 0 aliphatic carbocycles. The first-order valence-corrected chi connectivity index (χ1v) is 4.01. The van der Waals surface area contributed by atoms with Crippen LogP contribution < -0.4 is 10.6 Å². The predicted octanol–water partition coefficient (Wildman–Crippen LogP) is 0.375. The molecule has 1 aromatic rings. The molecular formula is C7H14N4O. The second kappa shape index (κ2) is 4.06. The van der Waals surface area contributed by atoms with Crippen LogP contribution in [-0.4, -0.2) is 23.8 Å². The molecule has 2 N–H and O–H groups in total. The van der Waals surface area contributed by atoms with Gasteiger partial charge >= 0.3 is 6.01 Å². The van der Waals surface area contributed by atoms with Crippen LogP contribution in [0.1, 0.15) is 19.2 Å². The summed E-state index contributed by atoms with van der Waals surface area (Å²) < 4.78 is 5.23. The highest BCUT2D eigenvalue weighted by molar-refractivity contribution is 5.21. The van der Waals surface area contributed by atoms with Gasteiger partial charge in [-0.2, -0.15) is 0 Å². The Labute approximate surface area is 71.6 Å². The van der Waals surface area contributed by atoms with Crippen molar-refractivity contribution in [3.8, 4) is 0 Å². The van der Waals surface area contributed by atoms with E-state index in [1.54, 1.807) is 0 Å². The van der Waals surface area contributed by atoms with Crippen LogP contribution in [0.4, 0.5) is 6.01 Å². The smallest absolute Gasteiger partial charge is 0.317 e. The first-order valence-electron chi connectivity index (χ1n) is 4.01. The summed E-state index contributed by atoms with van der Waals surface area (Å²) in [7, 11) is 1.91. The maximum atomic E-state index is 5.32. The van der Waals surface area contributed by atoms with Crippen LogP contribution in [0.5, 0.6) is 0 Å². The van der Waals surface area contributed by atoms with Crippen LogP contribution in [0.25, 0.3) is 0 Å². The topological polar surface area (TPSA) is 68.2 Å². The van der Waals surface area contributed by atoms with Gasteiger partial charge in [-0.25, -0.2) is 0 Å². The molecule has 0 atom stereocenters. The zero-order valence-corrected chi connectivity index (χ0v) is 7.45. The molecule has 0 aliphatic rings. The number of hydrogen-bond donors (Lipinski definition) is 1. The molecule has 0 aromatic carbocycles. The van der Waals surface area contributed by atoms with Crippen molar-refractivity contribution in [3.05, 3.63) is 5.89 Å². The van der Waals surface area contributed by atoms with Crippen LogP contribution >= 0.6 is 0 Å². The molecule has 0 radical (unpaired) electrons. The third kappa shape index (κ3) is 1.94. The Hall–Kier alpha value is -1.10. The van der Waals surface area contributed by atoms with Gasteiger partial charge in [-0.15, -0.1) is 5.10 Å². The van der Waals surface area contributed by atoms with Gasteiger partial charge in [0, 0.05) is 13.6 Å². The Morgan fingerprint density at radius 1 is 1.50 bits per heavy atom. The van der Waals surface area contributed by atoms with Gasteiger partial charge in [-0.05, 0) is 6.42 Å². The SMILES string of the molecule is CCCN(C)c1nnc(CN)o1. The zero-order chi connectivity index (χ0) is 8.97. The van der Waals surface area contributed by atoms with Gasteiger partial charge in [-0.1, -0.05) is 12.0 Å². The van der Waals surface area contributed by atoms with E-state index in [4.69, 9.17) is 10.2 Å². The summed E-state index contributed by atoms with van der Waals surface area (Å²) in [6.07, 6.45) is 1.05. The quantitative estimate of drug-likeness (QED) is 0.707. The highest BCUT2D eigenvalue weighted by Gasteiger charge is 2.07. The third-order valence-corrected chi connectivity index (χ3v) is 1.52. The van der Waals surface area contributed by atoms with E-state index in [0.717, 1.165) is 13.0 Å². The maximum absolute atomic E-state index is 5.32. The van der Waals surface area contributed by atoms with Gasteiger partial charge in [0.1, 0.15) is 0 Å². The Balaban J connectivity index is 2.61. The van der Waals surface area contributed by atoms with E-state index >= 15 is 0 Å². The minimum absolute atomic E-state index is 0.299. The van der Waals surface area contributed by atoms with Crippen molar-refractivity contribution in [2.24, 2.45) is 5.73 Å². The minimum atomic E-state index is 0.299. The fraction of sp³-hybridized carbons (Fsp3) is 0.714. The predicted molar refractivity (Wildman–Crippen MR) is 45.8 cm³/mol. The van der Waals surface area contributed by atoms with Gasteiger partial charge in [0.05, 0.1) is 6.54 Å². The monoisotopic (exact) mass is 170 g/mol. The van der Waals surface area contributed by atoms with E-state index in [2.05, 4.69) is 17.1 Å². The lowest BCUT2D eigenvalue weighted by atomic mass is 10.5. The molecule has 68 valence electrons. The van der Waals surface area contributed by atoms with Gasteiger partial charge in [-0.3, -0.25) is 0 Å². The summed E-state index contributed by atoms with van der Waals surface area (Å²) in [5, 5.41) is 7.59. The standard InChI is InChI=1S/C7H14N4O/c1-3-4-11(2)7-10-9-6(5-8)12-7/h3-5,8H2,1-2H3. The van der Waals surface area contributed by atoms with E-state index in [1.165, 1.54) is 0 Å². The number of rotatable bonds is 4. The van der Waals surface area contributed by atoms with E-state index in [0.29, 0.717) is 18.5 Å². The summed E-state index contributed by atoms with van der Waals surface area (Å²) in [5.74, 6) is 0.480. The summed E-state index contributed by atoms with van der Waals surface area (Å²) in [5.41, 5.74) is 5.32. The lowest BCUT2D eigenvalue weighted by Gasteiger charge is -2.10. The van der Waals surface area contributed by atoms with Crippen LogP contribution in [0.2, 0.25) is 0 Å². The lowest BCUT2D eigenvalue weighted by molar-refractivity contribution is 0.491. The fourth-order valence-corrected chi connectivity index (χ4v) is 0.913. The van der Waals surface area contributed by atoms with Crippen molar-refractivity contribution in [1.82, 2.24) is 10.2 Å². The second-order valence-electron chi connectivity index (χ2n) is 2.60. The van der Waals surface area contributed by atoms with E-state index < -0.39 is 0 Å². The molecule has 1 rings (SSSR count). The van der Waals surface area contributed by atoms with E-state index in [1.807, 2.05) is 11.9 Å². The Bertz CT molecular complexity index is 235. The van der Waals surface area contributed by atoms with Gasteiger partial charge < -0.3 is 15.1 Å². The molecule has 0 bridgehead atoms. The van der Waals surface area contributed by atoms with Crippen molar-refractivity contribution >= 4 is 6.01 Å². The molecular weight excluding hydrogens is 156 g/mol. The van der Waals surface area contributed by atoms with Crippen molar-refractivity contribution < 1.29 is 4.42 Å². The molecule has 1 aromatic heterocycles. The maximum Gasteiger partial charge on any atom is 0.317 e. The molecule has 12 heavy (non-hydrogen) atoms. The molecule has 0 amide bonds. The van der Waals surface area contributed by atoms with Gasteiger partial charge in [0.25, 0.3) is 0 Å². The number of nitrogens with two attached hydrogens (primary N) is 1. The Morgan fingerprint density at radius 3 is 2.75 bits per heavy atom. The van der Waals surface area contributed by atoms with Crippen molar-refractivity contribution in [1.29, 1.82) is 0 Å². The molecule has 0 spiro atoms. The number of hydrogen-bond acceptors (Lipinski definition) is 5. The van der Waals surface area contributed by atoms with E-state index in [-0.39, 0.29) is 0 Å². The lowest BCUT2D eigenvalue weighted by Crippen LogP contribution is -2.17. The zero-order valence-electron chi connectivity index (χ0n) is 7.45. The van der Waals surface area contributed by atoms with Crippen LogP contribution in [0.15, 0.2) is 4.42 Å². The highest BCUT2D eigenvalue weighted by atomic mass is 16.4. The van der Waals surface area contributed by atoms with Crippen LogP contribution in [0, 0.1) is 0 Å². The Morgan fingerprint density at radius 2 is 2.25 bits per heavy atom. The molecule has 0 saturated carbocycles. The molecule has 0 fully saturated rings. The summed E-state index contributed by atoms with van der Waals surface area (Å²) in [6, 6.07) is 0.539. The summed E-state index contributed by atoms with van der Waals surface area (Å²) in [4.78, 5) is 1.91. The van der Waals surface area contributed by atoms with Crippen molar-refractivity contribution in [3.63, 3.8) is 0 Å². The summed E-state index contributed by atoms with van der Waals surface area (Å²) >= 11 is 0. The van der Waals surface area contributed by atoms with Crippen molar-refractivity contribution in [2.75, 3.05) is 18.5 Å². The molecule has 0 unspecified atom stereocenters. The minimum Gasteiger partial charge on any atom is -0.407 e. The number of anilines is 1. The Kier molecular flexibility index (Phi) is 3.04. The largest absolute Gasteiger partial charge is 0.407 e. The first kappa shape index (κ1) is 8.99. The average Bonchev–Trinajstić information content (AvgIpc) is 2.52. The van der Waals surface area contributed by atoms with Crippen molar-refractivity contribution in [2.45, 2.75) is 19.9 Å². The molecule has 1 heterocycles. The molecule has 0 aliphatic heterocycles. The number of aromatic nitrogens is 2. The normalized spacial score (nSPS) is 10.2. The van der Waals surface area contributed by atoms with E-state index in [9.17, 15) is 0 Å². The van der Waals surface area contributed by atoms with Gasteiger partial charge in [0.15, 0.2) is 0 Å². The van der Waals surface area contributed by atoms with Crippen LogP contribution in [0.3, 0.4) is 0 Å². The molecule has 5 heteroatoms. The second-order valence-corrected chi connectivity index (χ2v) is 2.60. The summed E-state index contributed by atoms with van der Waals surface area (Å²) in [6.45, 7) is 3.30.